The normalized spacial score (nSPS) is 26.5. The van der Waals surface area contributed by atoms with Crippen molar-refractivity contribution in [2.24, 2.45) is 5.41 Å². The van der Waals surface area contributed by atoms with Crippen LogP contribution in [0.1, 0.15) is 31.2 Å². The van der Waals surface area contributed by atoms with Gasteiger partial charge in [0.15, 0.2) is 10.5 Å². The number of benzene rings is 1. The van der Waals surface area contributed by atoms with Gasteiger partial charge in [0.25, 0.3) is 5.69 Å². The summed E-state index contributed by atoms with van der Waals surface area (Å²) in [7, 11) is 0. The number of rotatable bonds is 3. The van der Waals surface area contributed by atoms with Crippen LogP contribution in [0.25, 0.3) is 0 Å². The fourth-order valence-corrected chi connectivity index (χ4v) is 5.14. The predicted octanol–water partition coefficient (Wildman–Crippen LogP) is 2.32. The van der Waals surface area contributed by atoms with Crippen molar-refractivity contribution in [2.45, 2.75) is 38.1 Å². The molecule has 8 nitrogen and oxygen atoms in total. The van der Waals surface area contributed by atoms with Gasteiger partial charge in [-0.3, -0.25) is 24.6 Å². The molecule has 29 heavy (non-hydrogen) atoms. The van der Waals surface area contributed by atoms with Gasteiger partial charge in [0.2, 0.25) is 11.8 Å². The summed E-state index contributed by atoms with van der Waals surface area (Å²) in [5.41, 5.74) is 0.108. The van der Waals surface area contributed by atoms with Crippen molar-refractivity contribution >= 4 is 40.5 Å². The van der Waals surface area contributed by atoms with E-state index in [2.05, 4.69) is 16.8 Å². The molecule has 0 radical (unpaired) electrons. The van der Waals surface area contributed by atoms with E-state index in [1.54, 1.807) is 12.1 Å². The molecule has 3 aliphatic heterocycles. The number of carbonyl (C=O) groups is 2. The number of hydrogen-bond acceptors (Lipinski definition) is 6. The highest BCUT2D eigenvalue weighted by molar-refractivity contribution is 7.80. The van der Waals surface area contributed by atoms with E-state index in [9.17, 15) is 19.7 Å². The summed E-state index contributed by atoms with van der Waals surface area (Å²) in [5, 5.41) is 14.1. The van der Waals surface area contributed by atoms with E-state index in [4.69, 9.17) is 12.2 Å². The van der Waals surface area contributed by atoms with Crippen molar-refractivity contribution in [1.29, 1.82) is 0 Å². The second-order valence-electron chi connectivity index (χ2n) is 7.74. The van der Waals surface area contributed by atoms with Crippen LogP contribution >= 0.6 is 12.2 Å². The second-order valence-corrected chi connectivity index (χ2v) is 8.13. The fraction of sp³-hybridized carbons (Fsp3) is 0.450. The van der Waals surface area contributed by atoms with Gasteiger partial charge in [-0.2, -0.15) is 0 Å². The summed E-state index contributed by atoms with van der Waals surface area (Å²) in [5.74, 6) is -0.762. The van der Waals surface area contributed by atoms with Crippen molar-refractivity contribution in [3.63, 3.8) is 0 Å². The molecule has 1 spiro atoms. The average Bonchev–Trinajstić information content (AvgIpc) is 2.95. The van der Waals surface area contributed by atoms with Crippen molar-refractivity contribution in [3.8, 4) is 0 Å². The Bertz CT molecular complexity index is 933. The summed E-state index contributed by atoms with van der Waals surface area (Å²) in [4.78, 5) is 41.3. The van der Waals surface area contributed by atoms with Crippen LogP contribution in [0.2, 0.25) is 0 Å². The summed E-state index contributed by atoms with van der Waals surface area (Å²) in [6.45, 7) is 4.59. The molecule has 1 aromatic rings. The number of non-ortho nitro benzene ring substituents is 1. The molecule has 0 unspecified atom stereocenters. The van der Waals surface area contributed by atoms with Gasteiger partial charge in [0.1, 0.15) is 0 Å². The monoisotopic (exact) mass is 414 g/mol. The Morgan fingerprint density at radius 2 is 2.14 bits per heavy atom. The molecular weight excluding hydrogens is 392 g/mol. The maximum Gasteiger partial charge on any atom is 0.269 e. The zero-order valence-electron chi connectivity index (χ0n) is 15.9. The lowest BCUT2D eigenvalue weighted by Crippen LogP contribution is -2.71. The lowest BCUT2D eigenvalue weighted by Gasteiger charge is -2.52. The van der Waals surface area contributed by atoms with Gasteiger partial charge in [-0.25, -0.2) is 0 Å². The first-order valence-corrected chi connectivity index (χ1v) is 10.1. The topological polar surface area (TPSA) is 95.8 Å². The molecule has 2 atom stereocenters. The highest BCUT2D eigenvalue weighted by atomic mass is 32.1. The molecule has 2 fully saturated rings. The predicted molar refractivity (Wildman–Crippen MR) is 111 cm³/mol. The molecule has 4 rings (SSSR count). The summed E-state index contributed by atoms with van der Waals surface area (Å²) in [6, 6.07) is 4.40. The van der Waals surface area contributed by atoms with Crippen LogP contribution in [0.3, 0.4) is 0 Å². The first kappa shape index (κ1) is 19.5. The van der Waals surface area contributed by atoms with Crippen LogP contribution in [0, 0.1) is 15.5 Å². The first-order valence-electron chi connectivity index (χ1n) is 9.72. The molecule has 9 heteroatoms. The summed E-state index contributed by atoms with van der Waals surface area (Å²) < 4.78 is 0. The lowest BCUT2D eigenvalue weighted by molar-refractivity contribution is -0.384. The molecule has 0 aliphatic carbocycles. The van der Waals surface area contributed by atoms with Crippen LogP contribution in [0.4, 0.5) is 11.4 Å². The summed E-state index contributed by atoms with van der Waals surface area (Å²) in [6.07, 6.45) is 5.25. The van der Waals surface area contributed by atoms with Crippen LogP contribution in [-0.4, -0.2) is 45.9 Å². The minimum Gasteiger partial charge on any atom is -0.367 e. The van der Waals surface area contributed by atoms with E-state index in [0.717, 1.165) is 24.9 Å². The highest BCUT2D eigenvalue weighted by Gasteiger charge is 2.61. The van der Waals surface area contributed by atoms with Crippen molar-refractivity contribution in [2.75, 3.05) is 18.0 Å². The number of nitrogens with zero attached hydrogens (tertiary/aromatic N) is 3. The van der Waals surface area contributed by atoms with Gasteiger partial charge >= 0.3 is 0 Å². The van der Waals surface area contributed by atoms with Gasteiger partial charge in [0, 0.05) is 37.3 Å². The van der Waals surface area contributed by atoms with Crippen LogP contribution < -0.4 is 10.2 Å². The molecule has 1 N–H and O–H groups in total. The Labute approximate surface area is 173 Å². The van der Waals surface area contributed by atoms with Gasteiger partial charge in [-0.05, 0) is 36.7 Å². The first-order chi connectivity index (χ1) is 13.9. The molecule has 1 aromatic carbocycles. The van der Waals surface area contributed by atoms with E-state index < -0.39 is 16.2 Å². The summed E-state index contributed by atoms with van der Waals surface area (Å²) >= 11 is 5.23. The van der Waals surface area contributed by atoms with E-state index in [1.165, 1.54) is 17.0 Å². The van der Waals surface area contributed by atoms with Crippen LogP contribution in [-0.2, 0) is 16.0 Å². The van der Waals surface area contributed by atoms with E-state index in [1.807, 2.05) is 0 Å². The largest absolute Gasteiger partial charge is 0.367 e. The Kier molecular flexibility index (Phi) is 4.85. The third-order valence-electron chi connectivity index (χ3n) is 6.18. The van der Waals surface area contributed by atoms with E-state index in [-0.39, 0.29) is 35.7 Å². The Morgan fingerprint density at radius 1 is 1.34 bits per heavy atom. The molecule has 152 valence electrons. The van der Waals surface area contributed by atoms with Gasteiger partial charge in [-0.15, -0.1) is 6.58 Å². The van der Waals surface area contributed by atoms with E-state index >= 15 is 0 Å². The fourth-order valence-electron chi connectivity index (χ4n) is 4.89. The number of fused-ring (bicyclic) bond motifs is 4. The quantitative estimate of drug-likeness (QED) is 0.268. The second kappa shape index (κ2) is 7.22. The van der Waals surface area contributed by atoms with Gasteiger partial charge in [-0.1, -0.05) is 18.9 Å². The molecule has 3 heterocycles. The SMILES string of the molecule is C=CCN1C(=O)[C@]2(Cc3cc([N+](=O)[O-])ccc3N3CCCCC[C@@H]32)C(=O)NC1=S. The van der Waals surface area contributed by atoms with Crippen molar-refractivity contribution < 1.29 is 14.5 Å². The number of anilines is 1. The van der Waals surface area contributed by atoms with Gasteiger partial charge in [0.05, 0.1) is 11.0 Å². The van der Waals surface area contributed by atoms with Crippen molar-refractivity contribution in [3.05, 3.63) is 46.5 Å². The molecular formula is C20H22N4O4S. The van der Waals surface area contributed by atoms with E-state index in [0.29, 0.717) is 18.5 Å². The maximum absolute atomic E-state index is 13.7. The number of hydrogen-bond donors (Lipinski definition) is 1. The Balaban J connectivity index is 1.89. The maximum atomic E-state index is 13.7. The Morgan fingerprint density at radius 3 is 2.86 bits per heavy atom. The molecule has 2 amide bonds. The molecule has 0 bridgehead atoms. The van der Waals surface area contributed by atoms with Crippen LogP contribution in [0.15, 0.2) is 30.9 Å². The number of nitro benzene ring substituents is 1. The van der Waals surface area contributed by atoms with Crippen LogP contribution in [0.5, 0.6) is 0 Å². The molecule has 0 saturated carbocycles. The van der Waals surface area contributed by atoms with Gasteiger partial charge < -0.3 is 10.2 Å². The number of amides is 2. The molecule has 3 aliphatic rings. The minimum absolute atomic E-state index is 0.0469. The number of nitrogens with one attached hydrogen (secondary N) is 1. The highest BCUT2D eigenvalue weighted by Crippen LogP contribution is 2.47. The molecule has 0 aromatic heterocycles. The molecule has 2 saturated heterocycles. The average molecular weight is 414 g/mol. The number of thiocarbonyl (C=S) groups is 1. The Hall–Kier alpha value is -2.81. The third-order valence-corrected chi connectivity index (χ3v) is 6.51. The third kappa shape index (κ3) is 2.91. The number of nitro groups is 1. The standard InChI is InChI=1S/C20H22N4O4S/c1-2-9-23-18(26)20(17(25)21-19(23)29)12-13-11-14(24(27)28)7-8-15(13)22-10-5-3-4-6-16(20)22/h2,7-8,11,16H,1,3-6,9-10,12H2,(H,21,25,29)/t16-,20+/m1/s1. The number of carbonyl (C=O) groups excluding carboxylic acids is 2. The minimum atomic E-state index is -1.36. The zero-order valence-corrected chi connectivity index (χ0v) is 16.7. The lowest BCUT2D eigenvalue weighted by atomic mass is 9.67. The van der Waals surface area contributed by atoms with Crippen molar-refractivity contribution in [1.82, 2.24) is 10.2 Å². The smallest absolute Gasteiger partial charge is 0.269 e. The zero-order chi connectivity index (χ0) is 20.8.